The predicted molar refractivity (Wildman–Crippen MR) is 85.1 cm³/mol. The standard InChI is InChI=1S/C14H15BrN2O2S/c1-8-11(13(18)19-3)12(16-14(20)17(8)2)9-5-4-6-10(15)7-9/h4-7,12H,1-3H3,(H,16,20)/t12-/m0/s1. The van der Waals surface area contributed by atoms with E-state index >= 15 is 0 Å². The Morgan fingerprint density at radius 3 is 2.80 bits per heavy atom. The molecule has 20 heavy (non-hydrogen) atoms. The summed E-state index contributed by atoms with van der Waals surface area (Å²) in [6.07, 6.45) is 0. The van der Waals surface area contributed by atoms with E-state index in [0.29, 0.717) is 10.7 Å². The first-order valence-corrected chi connectivity index (χ1v) is 7.24. The van der Waals surface area contributed by atoms with E-state index < -0.39 is 0 Å². The van der Waals surface area contributed by atoms with Crippen molar-refractivity contribution in [2.24, 2.45) is 0 Å². The zero-order chi connectivity index (χ0) is 14.9. The molecule has 0 radical (unpaired) electrons. The molecular weight excluding hydrogens is 340 g/mol. The first-order valence-electron chi connectivity index (χ1n) is 6.04. The van der Waals surface area contributed by atoms with Gasteiger partial charge in [-0.15, -0.1) is 0 Å². The van der Waals surface area contributed by atoms with Crippen molar-refractivity contribution in [3.63, 3.8) is 0 Å². The molecule has 0 unspecified atom stereocenters. The highest BCUT2D eigenvalue weighted by atomic mass is 79.9. The van der Waals surface area contributed by atoms with Crippen LogP contribution in [0.15, 0.2) is 40.0 Å². The van der Waals surface area contributed by atoms with Gasteiger partial charge in [-0.2, -0.15) is 0 Å². The number of methoxy groups -OCH3 is 1. The Bertz CT molecular complexity index is 601. The van der Waals surface area contributed by atoms with E-state index in [9.17, 15) is 4.79 Å². The van der Waals surface area contributed by atoms with Crippen LogP contribution in [0, 0.1) is 0 Å². The Morgan fingerprint density at radius 2 is 2.20 bits per heavy atom. The Balaban J connectivity index is 2.55. The molecular formula is C14H15BrN2O2S. The van der Waals surface area contributed by atoms with Crippen LogP contribution in [0.3, 0.4) is 0 Å². The van der Waals surface area contributed by atoms with Crippen molar-refractivity contribution in [2.45, 2.75) is 13.0 Å². The zero-order valence-electron chi connectivity index (χ0n) is 11.4. The molecule has 4 nitrogen and oxygen atoms in total. The molecule has 0 fully saturated rings. The molecule has 2 rings (SSSR count). The lowest BCUT2D eigenvalue weighted by Crippen LogP contribution is -2.46. The smallest absolute Gasteiger partial charge is 0.337 e. The van der Waals surface area contributed by atoms with Crippen molar-refractivity contribution in [3.8, 4) is 0 Å². The van der Waals surface area contributed by atoms with Crippen molar-refractivity contribution in [1.29, 1.82) is 0 Å². The summed E-state index contributed by atoms with van der Waals surface area (Å²) in [5.41, 5.74) is 2.32. The number of hydrogen-bond acceptors (Lipinski definition) is 3. The van der Waals surface area contributed by atoms with Crippen LogP contribution in [0.5, 0.6) is 0 Å². The minimum atomic E-state index is -0.352. The molecule has 1 aromatic rings. The highest BCUT2D eigenvalue weighted by Gasteiger charge is 2.33. The average molecular weight is 355 g/mol. The van der Waals surface area contributed by atoms with E-state index in [1.165, 1.54) is 7.11 Å². The van der Waals surface area contributed by atoms with Gasteiger partial charge in [-0.25, -0.2) is 4.79 Å². The highest BCUT2D eigenvalue weighted by Crippen LogP contribution is 2.31. The first-order chi connectivity index (χ1) is 9.45. The molecule has 0 aliphatic carbocycles. The average Bonchev–Trinajstić information content (AvgIpc) is 2.43. The molecule has 0 saturated heterocycles. The number of hydrogen-bond donors (Lipinski definition) is 1. The summed E-state index contributed by atoms with van der Waals surface area (Å²) in [4.78, 5) is 13.9. The second kappa shape index (κ2) is 5.93. The molecule has 1 aliphatic heterocycles. The summed E-state index contributed by atoms with van der Waals surface area (Å²) in [5.74, 6) is -0.352. The van der Waals surface area contributed by atoms with Crippen molar-refractivity contribution >= 4 is 39.2 Å². The van der Waals surface area contributed by atoms with Crippen LogP contribution in [0.2, 0.25) is 0 Å². The van der Waals surface area contributed by atoms with Crippen LogP contribution >= 0.6 is 28.1 Å². The maximum Gasteiger partial charge on any atom is 0.337 e. The van der Waals surface area contributed by atoms with Crippen molar-refractivity contribution in [1.82, 2.24) is 10.2 Å². The van der Waals surface area contributed by atoms with Crippen molar-refractivity contribution < 1.29 is 9.53 Å². The number of allylic oxidation sites excluding steroid dienone is 1. The normalized spacial score (nSPS) is 18.9. The molecule has 1 heterocycles. The molecule has 6 heteroatoms. The molecule has 1 atom stereocenters. The molecule has 0 spiro atoms. The molecule has 1 aliphatic rings. The number of carbonyl (C=O) groups excluding carboxylic acids is 1. The zero-order valence-corrected chi connectivity index (χ0v) is 13.8. The van der Waals surface area contributed by atoms with E-state index in [1.54, 1.807) is 4.90 Å². The van der Waals surface area contributed by atoms with E-state index in [2.05, 4.69) is 21.2 Å². The van der Waals surface area contributed by atoms with Gasteiger partial charge in [0.2, 0.25) is 0 Å². The van der Waals surface area contributed by atoms with Crippen molar-refractivity contribution in [2.75, 3.05) is 14.2 Å². The quantitative estimate of drug-likeness (QED) is 0.653. The van der Waals surface area contributed by atoms with Crippen LogP contribution in [-0.4, -0.2) is 30.1 Å². The minimum absolute atomic E-state index is 0.302. The molecule has 0 aromatic heterocycles. The summed E-state index contributed by atoms with van der Waals surface area (Å²) in [6, 6.07) is 7.47. The van der Waals surface area contributed by atoms with Crippen LogP contribution in [0.1, 0.15) is 18.5 Å². The number of ether oxygens (including phenoxy) is 1. The van der Waals surface area contributed by atoms with E-state index in [1.807, 2.05) is 38.2 Å². The molecule has 0 bridgehead atoms. The Morgan fingerprint density at radius 1 is 1.50 bits per heavy atom. The number of esters is 1. The Hall–Kier alpha value is -1.40. The van der Waals surface area contributed by atoms with Gasteiger partial charge in [-0.1, -0.05) is 28.1 Å². The summed E-state index contributed by atoms with van der Waals surface area (Å²) >= 11 is 8.75. The fourth-order valence-corrected chi connectivity index (χ4v) is 2.82. The number of nitrogens with one attached hydrogen (secondary N) is 1. The number of thiocarbonyl (C=S) groups is 1. The van der Waals surface area contributed by atoms with Gasteiger partial charge in [0.25, 0.3) is 0 Å². The van der Waals surface area contributed by atoms with Gasteiger partial charge in [0.05, 0.1) is 18.7 Å². The van der Waals surface area contributed by atoms with Crippen LogP contribution in [0.25, 0.3) is 0 Å². The first kappa shape index (κ1) is 15.0. The van der Waals surface area contributed by atoms with Gasteiger partial charge < -0.3 is 15.0 Å². The maximum absolute atomic E-state index is 12.1. The van der Waals surface area contributed by atoms with Gasteiger partial charge in [0, 0.05) is 17.2 Å². The van der Waals surface area contributed by atoms with E-state index in [0.717, 1.165) is 15.7 Å². The number of rotatable bonds is 2. The second-order valence-electron chi connectivity index (χ2n) is 4.49. The van der Waals surface area contributed by atoms with Gasteiger partial charge in [-0.05, 0) is 36.8 Å². The van der Waals surface area contributed by atoms with Crippen LogP contribution < -0.4 is 5.32 Å². The third-order valence-electron chi connectivity index (χ3n) is 3.34. The number of halogens is 1. The molecule has 106 valence electrons. The Labute approximate surface area is 131 Å². The van der Waals surface area contributed by atoms with Gasteiger partial charge >= 0.3 is 5.97 Å². The highest BCUT2D eigenvalue weighted by molar-refractivity contribution is 9.10. The fraction of sp³-hybridized carbons (Fsp3) is 0.286. The van der Waals surface area contributed by atoms with E-state index in [4.69, 9.17) is 17.0 Å². The summed E-state index contributed by atoms with van der Waals surface area (Å²) in [6.45, 7) is 1.87. The molecule has 0 amide bonds. The van der Waals surface area contributed by atoms with Crippen LogP contribution in [-0.2, 0) is 9.53 Å². The lowest BCUT2D eigenvalue weighted by molar-refractivity contribution is -0.136. The molecule has 1 aromatic carbocycles. The fourth-order valence-electron chi connectivity index (χ4n) is 2.15. The lowest BCUT2D eigenvalue weighted by atomic mass is 9.95. The summed E-state index contributed by atoms with van der Waals surface area (Å²) < 4.78 is 5.85. The van der Waals surface area contributed by atoms with Gasteiger partial charge in [-0.3, -0.25) is 0 Å². The van der Waals surface area contributed by atoms with Gasteiger partial charge in [0.1, 0.15) is 0 Å². The third kappa shape index (κ3) is 2.71. The van der Waals surface area contributed by atoms with Gasteiger partial charge in [0.15, 0.2) is 5.11 Å². The van der Waals surface area contributed by atoms with Crippen LogP contribution in [0.4, 0.5) is 0 Å². The van der Waals surface area contributed by atoms with E-state index in [-0.39, 0.29) is 12.0 Å². The Kier molecular flexibility index (Phi) is 4.45. The largest absolute Gasteiger partial charge is 0.466 e. The summed E-state index contributed by atoms with van der Waals surface area (Å²) in [5, 5.41) is 3.77. The summed E-state index contributed by atoms with van der Waals surface area (Å²) in [7, 11) is 3.21. The monoisotopic (exact) mass is 354 g/mol. The predicted octanol–water partition coefficient (Wildman–Crippen LogP) is 2.76. The maximum atomic E-state index is 12.1. The second-order valence-corrected chi connectivity index (χ2v) is 5.79. The third-order valence-corrected chi connectivity index (χ3v) is 4.23. The minimum Gasteiger partial charge on any atom is -0.466 e. The number of carbonyl (C=O) groups is 1. The molecule has 0 saturated carbocycles. The molecule has 1 N–H and O–H groups in total. The number of nitrogens with zero attached hydrogens (tertiary/aromatic N) is 1. The van der Waals surface area contributed by atoms with Crippen molar-refractivity contribution in [3.05, 3.63) is 45.6 Å². The SMILES string of the molecule is COC(=O)C1=C(C)N(C)C(=S)N[C@H]1c1cccc(Br)c1. The number of benzene rings is 1. The lowest BCUT2D eigenvalue weighted by Gasteiger charge is -2.35. The topological polar surface area (TPSA) is 41.6 Å².